The van der Waals surface area contributed by atoms with E-state index < -0.39 is 0 Å². The lowest BCUT2D eigenvalue weighted by atomic mass is 9.63. The quantitative estimate of drug-likeness (QED) is 0.596. The molecule has 4 aliphatic heterocycles. The van der Waals surface area contributed by atoms with E-state index in [9.17, 15) is 0 Å². The van der Waals surface area contributed by atoms with E-state index >= 15 is 0 Å². The predicted octanol–water partition coefficient (Wildman–Crippen LogP) is 5.35. The average molecular weight is 444 g/mol. The molecule has 0 spiro atoms. The van der Waals surface area contributed by atoms with Crippen LogP contribution in [-0.2, 0) is 0 Å². The summed E-state index contributed by atoms with van der Waals surface area (Å²) in [5.74, 6) is 1.23. The minimum Gasteiger partial charge on any atom is -0.302 e. The first-order chi connectivity index (χ1) is 16.3. The Morgan fingerprint density at radius 2 is 1.18 bits per heavy atom. The molecule has 0 radical (unpaired) electrons. The maximum atomic E-state index is 2.94. The first kappa shape index (κ1) is 21.8. The highest BCUT2D eigenvalue weighted by Crippen LogP contribution is 2.54. The highest BCUT2D eigenvalue weighted by molar-refractivity contribution is 5.32. The van der Waals surface area contributed by atoms with Gasteiger partial charge in [0.1, 0.15) is 0 Å². The third kappa shape index (κ3) is 4.29. The molecular formula is C30H41N3. The fourth-order valence-corrected chi connectivity index (χ4v) is 7.81. The molecule has 4 saturated heterocycles. The second-order valence-corrected chi connectivity index (χ2v) is 11.2. The summed E-state index contributed by atoms with van der Waals surface area (Å²) >= 11 is 0. The lowest BCUT2D eigenvalue weighted by Gasteiger charge is -2.52. The van der Waals surface area contributed by atoms with Crippen molar-refractivity contribution in [3.63, 3.8) is 0 Å². The molecule has 0 N–H and O–H groups in total. The Bertz CT molecular complexity index is 836. The molecule has 2 bridgehead atoms. The molecule has 1 aliphatic carbocycles. The topological polar surface area (TPSA) is 9.72 Å². The summed E-state index contributed by atoms with van der Waals surface area (Å²) in [6.45, 7) is 8.97. The Hall–Kier alpha value is -1.68. The van der Waals surface area contributed by atoms with Gasteiger partial charge in [-0.3, -0.25) is 9.80 Å². The number of likely N-dealkylation sites (tertiary alicyclic amines) is 2. The maximum absolute atomic E-state index is 2.94. The van der Waals surface area contributed by atoms with E-state index in [2.05, 4.69) is 75.4 Å². The van der Waals surface area contributed by atoms with Crippen molar-refractivity contribution in [2.75, 3.05) is 45.8 Å². The molecule has 0 unspecified atom stereocenters. The van der Waals surface area contributed by atoms with Crippen LogP contribution in [0.25, 0.3) is 0 Å². The first-order valence-electron chi connectivity index (χ1n) is 13.6. The molecular weight excluding hydrogens is 402 g/mol. The second kappa shape index (κ2) is 9.52. The van der Waals surface area contributed by atoms with Gasteiger partial charge in [0.15, 0.2) is 0 Å². The third-order valence-corrected chi connectivity index (χ3v) is 9.44. The zero-order valence-electron chi connectivity index (χ0n) is 20.2. The maximum Gasteiger partial charge on any atom is 0.0235 e. The number of benzene rings is 2. The molecule has 0 aromatic heterocycles. The summed E-state index contributed by atoms with van der Waals surface area (Å²) in [5, 5.41) is 0. The minimum absolute atomic E-state index is 0.358. The predicted molar refractivity (Wildman–Crippen MR) is 137 cm³/mol. The minimum atomic E-state index is 0.358. The Balaban J connectivity index is 1.40. The van der Waals surface area contributed by atoms with Gasteiger partial charge in [-0.2, -0.15) is 0 Å². The monoisotopic (exact) mass is 443 g/mol. The fraction of sp³-hybridized carbons (Fsp3) is 0.600. The molecule has 2 aromatic rings. The van der Waals surface area contributed by atoms with Crippen LogP contribution in [0.1, 0.15) is 67.9 Å². The molecule has 3 nitrogen and oxygen atoms in total. The van der Waals surface area contributed by atoms with E-state index in [0.717, 1.165) is 0 Å². The van der Waals surface area contributed by atoms with Crippen molar-refractivity contribution >= 4 is 0 Å². The Labute approximate surface area is 200 Å². The van der Waals surface area contributed by atoms with Crippen molar-refractivity contribution in [2.24, 2.45) is 0 Å². The summed E-state index contributed by atoms with van der Waals surface area (Å²) in [5.41, 5.74) is 3.50. The number of fused-ring (bicyclic) bond motifs is 4. The van der Waals surface area contributed by atoms with Crippen molar-refractivity contribution in [1.29, 1.82) is 0 Å². The number of nitrogens with zero attached hydrogens (tertiary/aromatic N) is 3. The van der Waals surface area contributed by atoms with Crippen LogP contribution in [0.5, 0.6) is 0 Å². The Morgan fingerprint density at radius 1 is 0.636 bits per heavy atom. The summed E-state index contributed by atoms with van der Waals surface area (Å²) in [7, 11) is 0. The lowest BCUT2D eigenvalue weighted by Crippen LogP contribution is -2.54. The van der Waals surface area contributed by atoms with Gasteiger partial charge >= 0.3 is 0 Å². The molecule has 33 heavy (non-hydrogen) atoms. The van der Waals surface area contributed by atoms with Gasteiger partial charge in [-0.05, 0) is 82.3 Å². The largest absolute Gasteiger partial charge is 0.302 e. The van der Waals surface area contributed by atoms with Crippen LogP contribution in [-0.4, -0.2) is 72.1 Å². The number of rotatable bonds is 6. The summed E-state index contributed by atoms with van der Waals surface area (Å²) in [6, 6.07) is 23.7. The highest BCUT2D eigenvalue weighted by Gasteiger charge is 2.54. The smallest absolute Gasteiger partial charge is 0.0235 e. The molecule has 1 saturated carbocycles. The van der Waals surface area contributed by atoms with Crippen LogP contribution in [0, 0.1) is 0 Å². The highest BCUT2D eigenvalue weighted by atomic mass is 15.3. The standard InChI is InChI=1S/C30H41N3/c1-3-11-25(12-4-1)27-23-30(33-18-9-10-19-33)15-20-32(22-21-31-16-7-8-17-31)29(27)28(24-30)26-13-5-2-6-14-26/h1-6,11-14,27-29H,7-10,15-24H2/t27-,28-,29?,30?/m0/s1. The first-order valence-corrected chi connectivity index (χ1v) is 13.6. The van der Waals surface area contributed by atoms with Gasteiger partial charge in [0.05, 0.1) is 0 Å². The second-order valence-electron chi connectivity index (χ2n) is 11.2. The molecule has 3 heteroatoms. The van der Waals surface area contributed by atoms with E-state index in [1.54, 1.807) is 11.1 Å². The van der Waals surface area contributed by atoms with E-state index in [1.165, 1.54) is 90.8 Å². The van der Waals surface area contributed by atoms with E-state index in [4.69, 9.17) is 0 Å². The molecule has 0 amide bonds. The van der Waals surface area contributed by atoms with E-state index in [1.807, 2.05) is 0 Å². The molecule has 2 atom stereocenters. The Morgan fingerprint density at radius 3 is 1.76 bits per heavy atom. The van der Waals surface area contributed by atoms with Crippen LogP contribution in [0.4, 0.5) is 0 Å². The van der Waals surface area contributed by atoms with E-state index in [0.29, 0.717) is 23.4 Å². The molecule has 4 heterocycles. The van der Waals surface area contributed by atoms with Crippen molar-refractivity contribution in [3.05, 3.63) is 71.8 Å². The molecule has 176 valence electrons. The van der Waals surface area contributed by atoms with E-state index in [-0.39, 0.29) is 0 Å². The third-order valence-electron chi connectivity index (χ3n) is 9.44. The van der Waals surface area contributed by atoms with Gasteiger partial charge in [0.2, 0.25) is 0 Å². The van der Waals surface area contributed by atoms with Gasteiger partial charge in [-0.15, -0.1) is 0 Å². The SMILES string of the molecule is c1ccc([C@@H]2CC3(N4CCCC4)CCN(CCN4CCCC4)C2[C@H](c2ccccc2)C3)cc1. The summed E-state index contributed by atoms with van der Waals surface area (Å²) < 4.78 is 0. The van der Waals surface area contributed by atoms with Crippen molar-refractivity contribution in [2.45, 2.75) is 68.4 Å². The fourth-order valence-electron chi connectivity index (χ4n) is 7.81. The van der Waals surface area contributed by atoms with Crippen molar-refractivity contribution in [3.8, 4) is 0 Å². The average Bonchev–Trinajstić information content (AvgIpc) is 3.56. The molecule has 2 aromatic carbocycles. The normalized spacial score (nSPS) is 33.5. The van der Waals surface area contributed by atoms with Gasteiger partial charge in [0, 0.05) is 43.1 Å². The zero-order valence-corrected chi connectivity index (χ0v) is 20.2. The van der Waals surface area contributed by atoms with Crippen LogP contribution in [0.15, 0.2) is 60.7 Å². The van der Waals surface area contributed by atoms with Crippen LogP contribution >= 0.6 is 0 Å². The van der Waals surface area contributed by atoms with Crippen molar-refractivity contribution in [1.82, 2.24) is 14.7 Å². The van der Waals surface area contributed by atoms with Gasteiger partial charge < -0.3 is 4.90 Å². The molecule has 5 fully saturated rings. The van der Waals surface area contributed by atoms with Crippen LogP contribution in [0.3, 0.4) is 0 Å². The zero-order chi connectivity index (χ0) is 22.1. The molecule has 5 aliphatic rings. The van der Waals surface area contributed by atoms with Crippen molar-refractivity contribution < 1.29 is 0 Å². The summed E-state index contributed by atoms with van der Waals surface area (Å²) in [4.78, 5) is 8.58. The van der Waals surface area contributed by atoms with Gasteiger partial charge in [-0.1, -0.05) is 60.7 Å². The Kier molecular flexibility index (Phi) is 6.30. The molecule has 7 rings (SSSR count). The summed E-state index contributed by atoms with van der Waals surface area (Å²) in [6.07, 6.45) is 9.57. The van der Waals surface area contributed by atoms with Crippen LogP contribution in [0.2, 0.25) is 0 Å². The number of hydrogen-bond acceptors (Lipinski definition) is 3. The van der Waals surface area contributed by atoms with Gasteiger partial charge in [-0.25, -0.2) is 0 Å². The lowest BCUT2D eigenvalue weighted by molar-refractivity contribution is 0.0459. The number of hydrogen-bond donors (Lipinski definition) is 0. The van der Waals surface area contributed by atoms with Crippen LogP contribution < -0.4 is 0 Å². The van der Waals surface area contributed by atoms with Gasteiger partial charge in [0.25, 0.3) is 0 Å².